The topological polar surface area (TPSA) is 110 Å². The van der Waals surface area contributed by atoms with E-state index in [1.54, 1.807) is 13.0 Å². The Morgan fingerprint density at radius 1 is 1.21 bits per heavy atom. The number of carboxylic acids is 1. The Kier molecular flexibility index (Phi) is 5.32. The molecule has 0 N–H and O–H groups in total. The van der Waals surface area contributed by atoms with Gasteiger partial charge in [-0.1, -0.05) is 30.8 Å². The lowest BCUT2D eigenvalue weighted by Crippen LogP contribution is -2.38. The van der Waals surface area contributed by atoms with E-state index in [2.05, 4.69) is 9.97 Å². The van der Waals surface area contributed by atoms with Crippen molar-refractivity contribution < 1.29 is 14.3 Å². The Labute approximate surface area is 162 Å². The molecule has 0 radical (unpaired) electrons. The molecule has 1 aromatic carbocycles. The number of halogens is 1. The van der Waals surface area contributed by atoms with Crippen LogP contribution in [0.2, 0.25) is 0 Å². The van der Waals surface area contributed by atoms with Crippen LogP contribution in [0.3, 0.4) is 0 Å². The second kappa shape index (κ2) is 7.55. The fourth-order valence-electron chi connectivity index (χ4n) is 2.71. The zero-order valence-corrected chi connectivity index (χ0v) is 16.1. The molecule has 0 aliphatic heterocycles. The summed E-state index contributed by atoms with van der Waals surface area (Å²) in [6, 6.07) is 5.79. The number of benzene rings is 1. The summed E-state index contributed by atoms with van der Waals surface area (Å²) in [5, 5.41) is 10.4. The van der Waals surface area contributed by atoms with Gasteiger partial charge in [-0.15, -0.1) is 0 Å². The van der Waals surface area contributed by atoms with Crippen LogP contribution in [-0.2, 0) is 18.9 Å². The Bertz CT molecular complexity index is 1200. The first-order valence-corrected chi connectivity index (χ1v) is 9.24. The lowest BCUT2D eigenvalue weighted by molar-refractivity contribution is -0.304. The molecule has 0 aliphatic carbocycles. The van der Waals surface area contributed by atoms with E-state index in [1.807, 2.05) is 0 Å². The van der Waals surface area contributed by atoms with Crippen molar-refractivity contribution in [3.05, 3.63) is 50.9 Å². The van der Waals surface area contributed by atoms with E-state index in [0.717, 1.165) is 20.9 Å². The van der Waals surface area contributed by atoms with E-state index in [-0.39, 0.29) is 33.9 Å². The SMILES string of the molecule is CC[C@@H](Sc1nc(-c2ccccc2F)nc2c1c(=O)n(C)c(=O)n2C)C(=O)[O-]. The summed E-state index contributed by atoms with van der Waals surface area (Å²) in [6.45, 7) is 1.66. The van der Waals surface area contributed by atoms with E-state index >= 15 is 0 Å². The van der Waals surface area contributed by atoms with E-state index in [4.69, 9.17) is 0 Å². The summed E-state index contributed by atoms with van der Waals surface area (Å²) < 4.78 is 16.3. The van der Waals surface area contributed by atoms with Crippen molar-refractivity contribution in [1.82, 2.24) is 19.1 Å². The fourth-order valence-corrected chi connectivity index (χ4v) is 3.68. The maximum atomic E-state index is 14.3. The molecule has 3 aromatic rings. The molecule has 0 unspecified atom stereocenters. The predicted molar refractivity (Wildman–Crippen MR) is 100 cm³/mol. The van der Waals surface area contributed by atoms with Gasteiger partial charge < -0.3 is 9.90 Å². The van der Waals surface area contributed by atoms with Gasteiger partial charge in [-0.2, -0.15) is 0 Å². The highest BCUT2D eigenvalue weighted by Gasteiger charge is 2.22. The van der Waals surface area contributed by atoms with Crippen LogP contribution < -0.4 is 16.4 Å². The van der Waals surface area contributed by atoms with Crippen molar-refractivity contribution >= 4 is 28.8 Å². The van der Waals surface area contributed by atoms with E-state index in [0.29, 0.717) is 0 Å². The fraction of sp³-hybridized carbons (Fsp3) is 0.278. The summed E-state index contributed by atoms with van der Waals surface area (Å²) in [6.07, 6.45) is 0.222. The molecule has 2 aromatic heterocycles. The molecule has 0 spiro atoms. The van der Waals surface area contributed by atoms with Gasteiger partial charge in [-0.05, 0) is 18.6 Å². The zero-order chi connectivity index (χ0) is 20.6. The number of carboxylic acid groups (broad SMARTS) is 1. The predicted octanol–water partition coefficient (Wildman–Crippen LogP) is 0.454. The molecule has 0 saturated carbocycles. The lowest BCUT2D eigenvalue weighted by Gasteiger charge is -2.17. The van der Waals surface area contributed by atoms with Crippen LogP contribution in [0, 0.1) is 5.82 Å². The average Bonchev–Trinajstić information content (AvgIpc) is 2.68. The van der Waals surface area contributed by atoms with Gasteiger partial charge in [0.2, 0.25) is 0 Å². The van der Waals surface area contributed by atoms with Gasteiger partial charge in [0.1, 0.15) is 16.2 Å². The molecule has 8 nitrogen and oxygen atoms in total. The minimum absolute atomic E-state index is 0.00273. The van der Waals surface area contributed by atoms with Crippen LogP contribution in [0.5, 0.6) is 0 Å². The molecule has 146 valence electrons. The first-order chi connectivity index (χ1) is 13.3. The average molecular weight is 403 g/mol. The number of carbonyl (C=O) groups excluding carboxylic acids is 1. The maximum Gasteiger partial charge on any atom is 0.332 e. The number of rotatable bonds is 5. The monoisotopic (exact) mass is 403 g/mol. The molecule has 28 heavy (non-hydrogen) atoms. The quantitative estimate of drug-likeness (QED) is 0.449. The van der Waals surface area contributed by atoms with Crippen molar-refractivity contribution in [3.8, 4) is 11.4 Å². The van der Waals surface area contributed by atoms with Crippen LogP contribution in [0.4, 0.5) is 4.39 Å². The van der Waals surface area contributed by atoms with Crippen LogP contribution >= 0.6 is 11.8 Å². The summed E-state index contributed by atoms with van der Waals surface area (Å²) >= 11 is 0.814. The van der Waals surface area contributed by atoms with E-state index in [9.17, 15) is 23.9 Å². The lowest BCUT2D eigenvalue weighted by atomic mass is 10.2. The Balaban J connectivity index is 2.41. The number of fused-ring (bicyclic) bond motifs is 1. The number of aryl methyl sites for hydroxylation is 1. The van der Waals surface area contributed by atoms with Crippen LogP contribution in [-0.4, -0.2) is 30.3 Å². The summed E-state index contributed by atoms with van der Waals surface area (Å²) in [5.41, 5.74) is -1.20. The largest absolute Gasteiger partial charge is 0.549 e. The Hall–Kier alpha value is -3.01. The molecule has 0 fully saturated rings. The molecule has 2 heterocycles. The molecule has 0 amide bonds. The summed E-state index contributed by atoms with van der Waals surface area (Å²) in [7, 11) is 2.73. The maximum absolute atomic E-state index is 14.3. The zero-order valence-electron chi connectivity index (χ0n) is 15.3. The highest BCUT2D eigenvalue weighted by atomic mass is 32.2. The van der Waals surface area contributed by atoms with E-state index in [1.165, 1.54) is 32.3 Å². The van der Waals surface area contributed by atoms with Crippen molar-refractivity contribution in [1.29, 1.82) is 0 Å². The number of nitrogens with zero attached hydrogens (tertiary/aromatic N) is 4. The Morgan fingerprint density at radius 3 is 2.50 bits per heavy atom. The number of carbonyl (C=O) groups is 1. The molecule has 0 aliphatic rings. The van der Waals surface area contributed by atoms with Gasteiger partial charge >= 0.3 is 5.69 Å². The Morgan fingerprint density at radius 2 is 1.89 bits per heavy atom. The van der Waals surface area contributed by atoms with Crippen molar-refractivity contribution in [2.75, 3.05) is 0 Å². The molecule has 3 rings (SSSR count). The van der Waals surface area contributed by atoms with Crippen molar-refractivity contribution in [2.45, 2.75) is 23.6 Å². The minimum Gasteiger partial charge on any atom is -0.549 e. The molecular weight excluding hydrogens is 387 g/mol. The van der Waals surface area contributed by atoms with Gasteiger partial charge in [0.05, 0.1) is 16.8 Å². The molecule has 10 heteroatoms. The number of thioether (sulfide) groups is 1. The van der Waals surface area contributed by atoms with Crippen LogP contribution in [0.15, 0.2) is 38.9 Å². The first-order valence-electron chi connectivity index (χ1n) is 8.36. The molecule has 0 bridgehead atoms. The van der Waals surface area contributed by atoms with Gasteiger partial charge in [-0.25, -0.2) is 19.2 Å². The molecule has 0 saturated heterocycles. The van der Waals surface area contributed by atoms with Crippen LogP contribution in [0.25, 0.3) is 22.4 Å². The molecular formula is C18H16FN4O4S-. The number of aromatic nitrogens is 4. The highest BCUT2D eigenvalue weighted by Crippen LogP contribution is 2.30. The van der Waals surface area contributed by atoms with Gasteiger partial charge in [0.15, 0.2) is 11.5 Å². The third-order valence-corrected chi connectivity index (χ3v) is 5.60. The minimum atomic E-state index is -1.31. The summed E-state index contributed by atoms with van der Waals surface area (Å²) in [4.78, 5) is 44.9. The van der Waals surface area contributed by atoms with E-state index < -0.39 is 28.3 Å². The number of hydrogen-bond donors (Lipinski definition) is 0. The second-order valence-corrected chi connectivity index (χ2v) is 7.26. The van der Waals surface area contributed by atoms with Crippen molar-refractivity contribution in [2.24, 2.45) is 14.1 Å². The smallest absolute Gasteiger partial charge is 0.332 e. The normalized spacial score (nSPS) is 12.3. The van der Waals surface area contributed by atoms with Crippen molar-refractivity contribution in [3.63, 3.8) is 0 Å². The van der Waals surface area contributed by atoms with Gasteiger partial charge in [0.25, 0.3) is 5.56 Å². The third-order valence-electron chi connectivity index (χ3n) is 4.27. The summed E-state index contributed by atoms with van der Waals surface area (Å²) in [5.74, 6) is -1.95. The second-order valence-electron chi connectivity index (χ2n) is 6.07. The highest BCUT2D eigenvalue weighted by molar-refractivity contribution is 8.00. The number of hydrogen-bond acceptors (Lipinski definition) is 7. The number of aliphatic carboxylic acids is 1. The van der Waals surface area contributed by atoms with Crippen LogP contribution in [0.1, 0.15) is 13.3 Å². The van der Waals surface area contributed by atoms with Gasteiger partial charge in [0, 0.05) is 14.1 Å². The standard InChI is InChI=1S/C18H17FN4O4S/c1-4-11(17(25)26)28-15-12-14(22(2)18(27)23(3)16(12)24)20-13(21-15)9-7-5-6-8-10(9)19/h5-8,11H,4H2,1-3H3,(H,25,26)/p-1/t11-/m1/s1. The first kappa shape index (κ1) is 19.7. The third kappa shape index (κ3) is 3.31. The van der Waals surface area contributed by atoms with Gasteiger partial charge in [-0.3, -0.25) is 13.9 Å². The molecule has 1 atom stereocenters.